The van der Waals surface area contributed by atoms with Crippen LogP contribution in [0.2, 0.25) is 0 Å². The number of benzene rings is 2. The van der Waals surface area contributed by atoms with Gasteiger partial charge in [-0.3, -0.25) is 0 Å². The summed E-state index contributed by atoms with van der Waals surface area (Å²) in [5.41, 5.74) is 1.24. The number of furan rings is 1. The monoisotopic (exact) mass is 310 g/mol. The Morgan fingerprint density at radius 3 is 2.73 bits per heavy atom. The van der Waals surface area contributed by atoms with Gasteiger partial charge in [-0.05, 0) is 47.6 Å². The minimum atomic E-state index is 0.128. The Morgan fingerprint density at radius 2 is 1.91 bits per heavy atom. The third-order valence-corrected chi connectivity index (χ3v) is 3.90. The maximum absolute atomic E-state index is 5.36. The molecule has 0 aliphatic heterocycles. The van der Waals surface area contributed by atoms with E-state index in [1.54, 1.807) is 6.26 Å². The Labute approximate surface area is 135 Å². The molecule has 3 nitrogen and oxygen atoms in total. The fourth-order valence-electron chi connectivity index (χ4n) is 2.53. The zero-order valence-electron chi connectivity index (χ0n) is 12.4. The standard InChI is InChI=1S/C18H18N2OS/c1-13(20-18(22)19-12-15-8-5-11-21-15)16-10-4-7-14-6-2-3-9-17(14)16/h2-11,13H,12H2,1H3,(H2,19,20,22)/t13-/m0/s1. The molecule has 0 aliphatic carbocycles. The molecule has 22 heavy (non-hydrogen) atoms. The second-order valence-electron chi connectivity index (χ2n) is 5.20. The number of nitrogens with one attached hydrogen (secondary N) is 2. The van der Waals surface area contributed by atoms with Gasteiger partial charge in [-0.1, -0.05) is 42.5 Å². The van der Waals surface area contributed by atoms with E-state index in [9.17, 15) is 0 Å². The molecule has 1 heterocycles. The Balaban J connectivity index is 1.68. The quantitative estimate of drug-likeness (QED) is 0.710. The summed E-state index contributed by atoms with van der Waals surface area (Å²) in [4.78, 5) is 0. The SMILES string of the molecule is C[C@H](NC(=S)NCc1ccco1)c1cccc2ccccc12. The van der Waals surface area contributed by atoms with Crippen LogP contribution in [-0.2, 0) is 6.54 Å². The Kier molecular flexibility index (Phi) is 4.39. The topological polar surface area (TPSA) is 37.2 Å². The molecule has 0 amide bonds. The molecule has 2 N–H and O–H groups in total. The zero-order chi connectivity index (χ0) is 15.4. The molecule has 0 saturated carbocycles. The van der Waals surface area contributed by atoms with Gasteiger partial charge in [0.1, 0.15) is 5.76 Å². The van der Waals surface area contributed by atoms with Crippen molar-refractivity contribution in [3.8, 4) is 0 Å². The van der Waals surface area contributed by atoms with Gasteiger partial charge >= 0.3 is 0 Å². The van der Waals surface area contributed by atoms with Gasteiger partial charge in [-0.25, -0.2) is 0 Å². The van der Waals surface area contributed by atoms with E-state index in [-0.39, 0.29) is 6.04 Å². The highest BCUT2D eigenvalue weighted by Crippen LogP contribution is 2.23. The lowest BCUT2D eigenvalue weighted by atomic mass is 10.00. The second-order valence-corrected chi connectivity index (χ2v) is 5.60. The van der Waals surface area contributed by atoms with Crippen LogP contribution in [0.15, 0.2) is 65.3 Å². The summed E-state index contributed by atoms with van der Waals surface area (Å²) in [7, 11) is 0. The summed E-state index contributed by atoms with van der Waals surface area (Å²) in [5, 5.41) is 9.60. The van der Waals surface area contributed by atoms with Crippen molar-refractivity contribution in [3.05, 3.63) is 72.2 Å². The van der Waals surface area contributed by atoms with Crippen molar-refractivity contribution < 1.29 is 4.42 Å². The number of hydrogen-bond acceptors (Lipinski definition) is 2. The molecule has 0 radical (unpaired) electrons. The summed E-state index contributed by atoms with van der Waals surface area (Å²) in [6, 6.07) is 18.6. The number of fused-ring (bicyclic) bond motifs is 1. The van der Waals surface area contributed by atoms with Gasteiger partial charge < -0.3 is 15.1 Å². The van der Waals surface area contributed by atoms with Crippen LogP contribution in [0.1, 0.15) is 24.3 Å². The normalized spacial score (nSPS) is 12.0. The van der Waals surface area contributed by atoms with E-state index in [1.165, 1.54) is 16.3 Å². The predicted molar refractivity (Wildman–Crippen MR) is 93.6 cm³/mol. The largest absolute Gasteiger partial charge is 0.467 e. The zero-order valence-corrected chi connectivity index (χ0v) is 13.2. The number of hydrogen-bond donors (Lipinski definition) is 2. The first-order chi connectivity index (χ1) is 10.7. The maximum Gasteiger partial charge on any atom is 0.167 e. The van der Waals surface area contributed by atoms with E-state index in [4.69, 9.17) is 16.6 Å². The molecule has 0 spiro atoms. The van der Waals surface area contributed by atoms with E-state index in [0.717, 1.165) is 5.76 Å². The molecular formula is C18H18N2OS. The van der Waals surface area contributed by atoms with Crippen molar-refractivity contribution in [1.29, 1.82) is 0 Å². The Morgan fingerprint density at radius 1 is 1.09 bits per heavy atom. The molecule has 3 aromatic rings. The van der Waals surface area contributed by atoms with Crippen LogP contribution in [0.25, 0.3) is 10.8 Å². The van der Waals surface area contributed by atoms with Gasteiger partial charge in [0.25, 0.3) is 0 Å². The highest BCUT2D eigenvalue weighted by atomic mass is 32.1. The molecule has 112 valence electrons. The van der Waals surface area contributed by atoms with Crippen molar-refractivity contribution in [3.63, 3.8) is 0 Å². The van der Waals surface area contributed by atoms with E-state index >= 15 is 0 Å². The fourth-order valence-corrected chi connectivity index (χ4v) is 2.78. The van der Waals surface area contributed by atoms with Gasteiger partial charge in [0.05, 0.1) is 18.8 Å². The third-order valence-electron chi connectivity index (χ3n) is 3.64. The minimum absolute atomic E-state index is 0.128. The molecule has 0 saturated heterocycles. The molecule has 4 heteroatoms. The Bertz CT molecular complexity index is 762. The van der Waals surface area contributed by atoms with Crippen molar-refractivity contribution in [2.75, 3.05) is 0 Å². The average Bonchev–Trinajstić information content (AvgIpc) is 3.06. The molecule has 1 aromatic heterocycles. The predicted octanol–water partition coefficient (Wildman–Crippen LogP) is 4.16. The van der Waals surface area contributed by atoms with Crippen LogP contribution in [0.5, 0.6) is 0 Å². The highest BCUT2D eigenvalue weighted by molar-refractivity contribution is 7.80. The molecule has 2 aromatic carbocycles. The number of rotatable bonds is 4. The van der Waals surface area contributed by atoms with E-state index in [2.05, 4.69) is 60.0 Å². The minimum Gasteiger partial charge on any atom is -0.467 e. The summed E-state index contributed by atoms with van der Waals surface area (Å²) < 4.78 is 5.28. The van der Waals surface area contributed by atoms with E-state index in [1.807, 2.05) is 12.1 Å². The van der Waals surface area contributed by atoms with Crippen molar-refractivity contribution in [2.45, 2.75) is 19.5 Å². The van der Waals surface area contributed by atoms with Crippen LogP contribution >= 0.6 is 12.2 Å². The highest BCUT2D eigenvalue weighted by Gasteiger charge is 2.10. The van der Waals surface area contributed by atoms with Crippen LogP contribution < -0.4 is 10.6 Å². The Hall–Kier alpha value is -2.33. The van der Waals surface area contributed by atoms with Gasteiger partial charge in [0, 0.05) is 0 Å². The van der Waals surface area contributed by atoms with E-state index < -0.39 is 0 Å². The fraction of sp³-hybridized carbons (Fsp3) is 0.167. The van der Waals surface area contributed by atoms with Gasteiger partial charge in [0.2, 0.25) is 0 Å². The molecule has 1 atom stereocenters. The number of thiocarbonyl (C=S) groups is 1. The molecular weight excluding hydrogens is 292 g/mol. The second kappa shape index (κ2) is 6.62. The van der Waals surface area contributed by atoms with Crippen LogP contribution in [-0.4, -0.2) is 5.11 Å². The molecule has 0 aliphatic rings. The van der Waals surface area contributed by atoms with Crippen LogP contribution in [0.4, 0.5) is 0 Å². The molecule has 3 rings (SSSR count). The lowest BCUT2D eigenvalue weighted by Gasteiger charge is -2.18. The summed E-state index contributed by atoms with van der Waals surface area (Å²) in [6.45, 7) is 2.70. The van der Waals surface area contributed by atoms with Crippen molar-refractivity contribution >= 4 is 28.1 Å². The first kappa shape index (κ1) is 14.6. The molecule has 0 unspecified atom stereocenters. The average molecular weight is 310 g/mol. The first-order valence-corrected chi connectivity index (χ1v) is 7.69. The molecule has 0 fully saturated rings. The van der Waals surface area contributed by atoms with Crippen molar-refractivity contribution in [2.24, 2.45) is 0 Å². The first-order valence-electron chi connectivity index (χ1n) is 7.28. The van der Waals surface area contributed by atoms with Gasteiger partial charge in [0.15, 0.2) is 5.11 Å². The maximum atomic E-state index is 5.36. The lowest BCUT2D eigenvalue weighted by Crippen LogP contribution is -2.36. The van der Waals surface area contributed by atoms with Gasteiger partial charge in [-0.2, -0.15) is 0 Å². The summed E-state index contributed by atoms with van der Waals surface area (Å²) >= 11 is 5.36. The van der Waals surface area contributed by atoms with E-state index in [0.29, 0.717) is 11.7 Å². The smallest absolute Gasteiger partial charge is 0.167 e. The third kappa shape index (κ3) is 3.28. The summed E-state index contributed by atoms with van der Waals surface area (Å²) in [5.74, 6) is 0.863. The molecule has 0 bridgehead atoms. The summed E-state index contributed by atoms with van der Waals surface area (Å²) in [6.07, 6.45) is 1.66. The van der Waals surface area contributed by atoms with Crippen molar-refractivity contribution in [1.82, 2.24) is 10.6 Å². The van der Waals surface area contributed by atoms with Crippen LogP contribution in [0.3, 0.4) is 0 Å². The lowest BCUT2D eigenvalue weighted by molar-refractivity contribution is 0.501. The van der Waals surface area contributed by atoms with Crippen LogP contribution in [0, 0.1) is 0 Å². The van der Waals surface area contributed by atoms with Gasteiger partial charge in [-0.15, -0.1) is 0 Å².